The number of alkyl halides is 6. The highest BCUT2D eigenvalue weighted by Crippen LogP contribution is 2.48. The maximum Gasteiger partial charge on any atom is 0.272 e. The SMILES string of the molecule is CC1=C(F)C(C)C(C)C1.CC1=CC(C)C(C)C1(F)F.CC1=CC(C)C(C)C1=O.CC1=CC(C)C(C)C1F.CC1CC(C)C(F)(F)C1C.CC1CC(C)C(F)C1C.CC1CCC(=O)C1C. The Kier molecular flexibility index (Phi) is 23.6. The minimum Gasteiger partial charge on any atom is -0.299 e. The summed E-state index contributed by atoms with van der Waals surface area (Å²) in [5.41, 5.74) is 3.03. The van der Waals surface area contributed by atoms with Gasteiger partial charge in [0.05, 0.1) is 0 Å². The molecule has 0 spiro atoms. The van der Waals surface area contributed by atoms with Crippen molar-refractivity contribution in [1.29, 1.82) is 0 Å². The number of Topliss-reactive ketones (excluding diaryl/α,β-unsaturated/α-hetero) is 2. The molecule has 7 rings (SSSR count). The molecule has 3 fully saturated rings. The maximum absolute atomic E-state index is 13.0. The Morgan fingerprint density at radius 2 is 1.11 bits per heavy atom. The summed E-state index contributed by atoms with van der Waals surface area (Å²) in [6.07, 6.45) is 9.14. The largest absolute Gasteiger partial charge is 0.299 e. The molecule has 372 valence electrons. The van der Waals surface area contributed by atoms with Gasteiger partial charge in [0.15, 0.2) is 5.78 Å². The van der Waals surface area contributed by atoms with Crippen LogP contribution in [-0.4, -0.2) is 35.8 Å². The molecular formula is C55H91F7O2. The van der Waals surface area contributed by atoms with E-state index in [1.807, 2.05) is 88.3 Å². The van der Waals surface area contributed by atoms with Gasteiger partial charge in [-0.25, -0.2) is 30.7 Å². The lowest BCUT2D eigenvalue weighted by atomic mass is 9.96. The molecule has 3 saturated carbocycles. The Bertz CT molecular complexity index is 1610. The van der Waals surface area contributed by atoms with E-state index in [2.05, 4.69) is 34.6 Å². The third-order valence-electron chi connectivity index (χ3n) is 16.8. The van der Waals surface area contributed by atoms with Gasteiger partial charge in [-0.05, 0) is 135 Å². The number of halogens is 7. The van der Waals surface area contributed by atoms with E-state index in [0.717, 1.165) is 42.4 Å². The van der Waals surface area contributed by atoms with Crippen molar-refractivity contribution in [2.24, 2.45) is 94.7 Å². The molecule has 0 bridgehead atoms. The van der Waals surface area contributed by atoms with E-state index >= 15 is 0 Å². The average Bonchev–Trinajstić information content (AvgIpc) is 3.96. The van der Waals surface area contributed by atoms with Crippen molar-refractivity contribution in [1.82, 2.24) is 0 Å². The van der Waals surface area contributed by atoms with Crippen molar-refractivity contribution >= 4 is 11.6 Å². The van der Waals surface area contributed by atoms with Crippen LogP contribution in [0.15, 0.2) is 46.3 Å². The standard InChI is InChI=1S/C8H14F2.C8H12F2.C8H15F.2C8H13F.C8H12O.C7H12O/c2*1-5-4-6(2)8(9,10)7(5)3;4*1-5-4-6(2)8(9)7(5)3;1-5-3-4-7(8)6(5)2/h5-7H,4H2,1-3H3;4-5,7H,1-3H3;5-8H,4H2,1-3H3;5,7H,4H2,1-3H3;4-5,7-8H,1-3H3;4-5,7H,1-3H3;5-6H,3-4H2,1-2H3. The molecule has 2 nitrogen and oxygen atoms in total. The minimum absolute atomic E-state index is 0.0231. The summed E-state index contributed by atoms with van der Waals surface area (Å²) in [6, 6.07) is 0. The molecule has 18 atom stereocenters. The first kappa shape index (κ1) is 59.8. The maximum atomic E-state index is 13.0. The van der Waals surface area contributed by atoms with Gasteiger partial charge < -0.3 is 0 Å². The first-order chi connectivity index (χ1) is 29.1. The number of hydrogen-bond acceptors (Lipinski definition) is 2. The lowest BCUT2D eigenvalue weighted by Crippen LogP contribution is -2.27. The van der Waals surface area contributed by atoms with Crippen molar-refractivity contribution in [3.8, 4) is 0 Å². The second-order valence-electron chi connectivity index (χ2n) is 22.0. The van der Waals surface area contributed by atoms with E-state index in [1.54, 1.807) is 26.8 Å². The van der Waals surface area contributed by atoms with Crippen LogP contribution in [0, 0.1) is 94.7 Å². The minimum atomic E-state index is -2.56. The molecule has 0 N–H and O–H groups in total. The predicted molar refractivity (Wildman–Crippen MR) is 254 cm³/mol. The van der Waals surface area contributed by atoms with Gasteiger partial charge in [-0.3, -0.25) is 9.59 Å². The molecule has 7 aliphatic carbocycles. The summed E-state index contributed by atoms with van der Waals surface area (Å²) in [4.78, 5) is 21.8. The van der Waals surface area contributed by atoms with Gasteiger partial charge in [-0.1, -0.05) is 129 Å². The molecule has 0 radical (unpaired) electrons. The molecular weight excluding hydrogens is 826 g/mol. The number of hydrogen-bond donors (Lipinski definition) is 0. The Balaban J connectivity index is 0.000000374. The molecule has 0 aromatic rings. The Labute approximate surface area is 386 Å². The number of carbonyl (C=O) groups is 2. The van der Waals surface area contributed by atoms with E-state index < -0.39 is 41.9 Å². The third-order valence-corrected chi connectivity index (χ3v) is 16.8. The summed E-state index contributed by atoms with van der Waals surface area (Å²) in [5, 5.41) is 0. The summed E-state index contributed by atoms with van der Waals surface area (Å²) >= 11 is 0. The molecule has 0 aliphatic heterocycles. The van der Waals surface area contributed by atoms with E-state index in [0.29, 0.717) is 65.3 Å². The number of carbonyl (C=O) groups excluding carboxylic acids is 2. The first-order valence-corrected chi connectivity index (χ1v) is 24.7. The molecule has 18 unspecified atom stereocenters. The van der Waals surface area contributed by atoms with Gasteiger partial charge in [0, 0.05) is 41.9 Å². The van der Waals surface area contributed by atoms with Crippen LogP contribution in [0.2, 0.25) is 0 Å². The Morgan fingerprint density at radius 3 is 1.22 bits per heavy atom. The molecule has 0 saturated heterocycles. The fourth-order valence-electron chi connectivity index (χ4n) is 9.97. The second kappa shape index (κ2) is 25.3. The highest BCUT2D eigenvalue weighted by atomic mass is 19.3. The fraction of sp³-hybridized carbons (Fsp3) is 0.818. The summed E-state index contributed by atoms with van der Waals surface area (Å²) in [5.74, 6) is -1.06. The van der Waals surface area contributed by atoms with Crippen LogP contribution in [0.5, 0.6) is 0 Å². The topological polar surface area (TPSA) is 34.1 Å². The smallest absolute Gasteiger partial charge is 0.272 e. The summed E-state index contributed by atoms with van der Waals surface area (Å²) in [6.45, 7) is 38.2. The van der Waals surface area contributed by atoms with Gasteiger partial charge in [0.2, 0.25) is 0 Å². The highest BCUT2D eigenvalue weighted by molar-refractivity contribution is 5.99. The zero-order valence-electron chi connectivity index (χ0n) is 43.6. The van der Waals surface area contributed by atoms with Crippen molar-refractivity contribution in [3.05, 3.63) is 46.3 Å². The lowest BCUT2D eigenvalue weighted by Gasteiger charge is -2.19. The van der Waals surface area contributed by atoms with Crippen LogP contribution in [0.3, 0.4) is 0 Å². The van der Waals surface area contributed by atoms with Crippen LogP contribution < -0.4 is 0 Å². The average molecular weight is 917 g/mol. The lowest BCUT2D eigenvalue weighted by molar-refractivity contribution is -0.120. The molecule has 64 heavy (non-hydrogen) atoms. The van der Waals surface area contributed by atoms with Crippen LogP contribution >= 0.6 is 0 Å². The molecule has 0 aromatic carbocycles. The van der Waals surface area contributed by atoms with Crippen molar-refractivity contribution in [3.63, 3.8) is 0 Å². The van der Waals surface area contributed by atoms with E-state index in [4.69, 9.17) is 0 Å². The normalized spacial score (nSPS) is 41.3. The van der Waals surface area contributed by atoms with Crippen LogP contribution in [0.25, 0.3) is 0 Å². The summed E-state index contributed by atoms with van der Waals surface area (Å²) < 4.78 is 90.5. The number of rotatable bonds is 0. The first-order valence-electron chi connectivity index (χ1n) is 24.7. The van der Waals surface area contributed by atoms with Crippen molar-refractivity contribution in [2.75, 3.05) is 0 Å². The monoisotopic (exact) mass is 917 g/mol. The fourth-order valence-corrected chi connectivity index (χ4v) is 9.97. The number of allylic oxidation sites excluding steroid dienone is 8. The van der Waals surface area contributed by atoms with Crippen molar-refractivity contribution < 1.29 is 40.3 Å². The van der Waals surface area contributed by atoms with Gasteiger partial charge in [0.1, 0.15) is 24.0 Å². The van der Waals surface area contributed by atoms with E-state index in [1.165, 1.54) is 6.92 Å². The molecule has 0 heterocycles. The Hall–Kier alpha value is -2.19. The van der Waals surface area contributed by atoms with Crippen LogP contribution in [0.4, 0.5) is 30.7 Å². The molecule has 0 aromatic heterocycles. The van der Waals surface area contributed by atoms with Gasteiger partial charge in [-0.2, -0.15) is 0 Å². The molecule has 0 amide bonds. The van der Waals surface area contributed by atoms with Gasteiger partial charge in [-0.15, -0.1) is 0 Å². The molecule has 9 heteroatoms. The van der Waals surface area contributed by atoms with Crippen molar-refractivity contribution in [2.45, 2.75) is 195 Å². The molecule has 7 aliphatic rings. The third kappa shape index (κ3) is 15.7. The van der Waals surface area contributed by atoms with Crippen LogP contribution in [0.1, 0.15) is 171 Å². The van der Waals surface area contributed by atoms with E-state index in [9.17, 15) is 40.3 Å². The Morgan fingerprint density at radius 1 is 0.562 bits per heavy atom. The van der Waals surface area contributed by atoms with Gasteiger partial charge in [0.25, 0.3) is 11.8 Å². The zero-order valence-corrected chi connectivity index (χ0v) is 43.6. The highest BCUT2D eigenvalue weighted by Gasteiger charge is 2.51. The number of ketones is 2. The predicted octanol–water partition coefficient (Wildman–Crippen LogP) is 17.3. The van der Waals surface area contributed by atoms with E-state index in [-0.39, 0.29) is 41.0 Å². The second-order valence-corrected chi connectivity index (χ2v) is 22.0. The summed E-state index contributed by atoms with van der Waals surface area (Å²) in [7, 11) is 0. The van der Waals surface area contributed by atoms with Crippen LogP contribution in [-0.2, 0) is 9.59 Å². The van der Waals surface area contributed by atoms with Gasteiger partial charge >= 0.3 is 0 Å². The quantitative estimate of drug-likeness (QED) is 0.179. The zero-order chi connectivity index (χ0) is 50.1.